The van der Waals surface area contributed by atoms with Gasteiger partial charge >= 0.3 is 0 Å². The molecule has 4 aromatic rings. The Kier molecular flexibility index (Phi) is 8.53. The van der Waals surface area contributed by atoms with Gasteiger partial charge in [0.2, 0.25) is 5.91 Å². The number of hydrogen-bond acceptors (Lipinski definition) is 6. The predicted molar refractivity (Wildman–Crippen MR) is 170 cm³/mol. The highest BCUT2D eigenvalue weighted by Gasteiger charge is 2.23. The van der Waals surface area contributed by atoms with Crippen LogP contribution in [0.4, 0.5) is 11.4 Å². The minimum absolute atomic E-state index is 0.0489. The number of hydrogen-bond donors (Lipinski definition) is 5. The van der Waals surface area contributed by atoms with Gasteiger partial charge in [0, 0.05) is 62.1 Å². The van der Waals surface area contributed by atoms with Crippen molar-refractivity contribution in [2.75, 3.05) is 36.9 Å². The van der Waals surface area contributed by atoms with Crippen molar-refractivity contribution >= 4 is 40.0 Å². The number of imidazole rings is 1. The summed E-state index contributed by atoms with van der Waals surface area (Å²) in [5.74, 6) is 1.16. The molecule has 10 heteroatoms. The van der Waals surface area contributed by atoms with Crippen LogP contribution >= 0.6 is 0 Å². The molecule has 42 heavy (non-hydrogen) atoms. The summed E-state index contributed by atoms with van der Waals surface area (Å²) in [4.78, 5) is 22.0. The summed E-state index contributed by atoms with van der Waals surface area (Å²) >= 11 is 0. The first-order valence-electron chi connectivity index (χ1n) is 14.3. The molecular formula is C32H39N9O. The molecule has 0 saturated carbocycles. The van der Waals surface area contributed by atoms with E-state index in [1.165, 1.54) is 5.56 Å². The number of aromatic nitrogens is 2. The predicted octanol–water partition coefficient (Wildman–Crippen LogP) is 3.47. The number of nitrogens with two attached hydrogens (primary N) is 2. The lowest BCUT2D eigenvalue weighted by atomic mass is 10.0. The monoisotopic (exact) mass is 565 g/mol. The van der Waals surface area contributed by atoms with Crippen LogP contribution in [0.25, 0.3) is 11.0 Å². The molecule has 1 amide bonds. The molecule has 1 saturated heterocycles. The van der Waals surface area contributed by atoms with E-state index in [0.29, 0.717) is 12.1 Å². The highest BCUT2D eigenvalue weighted by molar-refractivity contribution is 6.00. The lowest BCUT2D eigenvalue weighted by Crippen LogP contribution is -2.44. The van der Waals surface area contributed by atoms with Crippen molar-refractivity contribution in [2.45, 2.75) is 31.7 Å². The molecule has 10 nitrogen and oxygen atoms in total. The van der Waals surface area contributed by atoms with Crippen LogP contribution in [0, 0.1) is 10.8 Å². The van der Waals surface area contributed by atoms with E-state index in [0.717, 1.165) is 72.6 Å². The van der Waals surface area contributed by atoms with E-state index in [1.807, 2.05) is 80.8 Å². The minimum atomic E-state index is 0.0489. The molecule has 1 fully saturated rings. The molecule has 5 rings (SSSR count). The number of fused-ring (bicyclic) bond motifs is 1. The lowest BCUT2D eigenvalue weighted by Gasteiger charge is -2.33. The number of nitrogens with one attached hydrogen (secondary N) is 3. The molecule has 0 aliphatic carbocycles. The lowest BCUT2D eigenvalue weighted by molar-refractivity contribution is -0.119. The maximum absolute atomic E-state index is 13.2. The molecule has 1 aliphatic rings. The summed E-state index contributed by atoms with van der Waals surface area (Å²) in [5, 5.41) is 18.9. The number of likely N-dealkylation sites (N-methyl/N-ethyl adjacent to an activating group) is 1. The number of rotatable bonds is 10. The van der Waals surface area contributed by atoms with Gasteiger partial charge in [0.05, 0.1) is 17.6 Å². The van der Waals surface area contributed by atoms with Gasteiger partial charge < -0.3 is 26.3 Å². The summed E-state index contributed by atoms with van der Waals surface area (Å²) in [5.41, 5.74) is 17.5. The number of carbonyl (C=O) groups excluding carboxylic acids is 1. The van der Waals surface area contributed by atoms with Crippen LogP contribution in [0.5, 0.6) is 0 Å². The number of piperidine rings is 1. The van der Waals surface area contributed by atoms with E-state index in [4.69, 9.17) is 27.3 Å². The zero-order valence-corrected chi connectivity index (χ0v) is 24.2. The van der Waals surface area contributed by atoms with Crippen molar-refractivity contribution in [3.8, 4) is 0 Å². The number of amidine groups is 2. The van der Waals surface area contributed by atoms with E-state index in [2.05, 4.69) is 14.8 Å². The quantitative estimate of drug-likeness (QED) is 0.147. The van der Waals surface area contributed by atoms with Crippen LogP contribution in [0.1, 0.15) is 35.4 Å². The first-order valence-corrected chi connectivity index (χ1v) is 14.3. The van der Waals surface area contributed by atoms with Crippen molar-refractivity contribution in [3.05, 3.63) is 89.2 Å². The van der Waals surface area contributed by atoms with Crippen molar-refractivity contribution in [2.24, 2.45) is 18.5 Å². The Labute approximate surface area is 246 Å². The van der Waals surface area contributed by atoms with Gasteiger partial charge in [-0.05, 0) is 55.2 Å². The Hall–Kier alpha value is -4.70. The van der Waals surface area contributed by atoms with Gasteiger partial charge in [-0.2, -0.15) is 0 Å². The first kappa shape index (κ1) is 28.8. The molecule has 0 spiro atoms. The zero-order chi connectivity index (χ0) is 29.8. The number of nitrogen functional groups attached to an aromatic ring is 2. The number of carbonyl (C=O) groups is 1. The van der Waals surface area contributed by atoms with E-state index in [-0.39, 0.29) is 23.6 Å². The van der Waals surface area contributed by atoms with Crippen molar-refractivity contribution in [1.29, 1.82) is 10.8 Å². The molecular weight excluding hydrogens is 526 g/mol. The van der Waals surface area contributed by atoms with Crippen molar-refractivity contribution in [3.63, 3.8) is 0 Å². The van der Waals surface area contributed by atoms with E-state index < -0.39 is 0 Å². The fourth-order valence-electron chi connectivity index (χ4n) is 5.52. The molecule has 7 N–H and O–H groups in total. The third-order valence-corrected chi connectivity index (χ3v) is 8.14. The molecule has 2 heterocycles. The van der Waals surface area contributed by atoms with Crippen LogP contribution in [-0.2, 0) is 24.7 Å². The number of aryl methyl sites for hydroxylation is 3. The van der Waals surface area contributed by atoms with Gasteiger partial charge in [0.25, 0.3) is 0 Å². The summed E-state index contributed by atoms with van der Waals surface area (Å²) in [7, 11) is 3.85. The molecule has 1 aromatic heterocycles. The first-order chi connectivity index (χ1) is 20.2. The third kappa shape index (κ3) is 6.44. The molecule has 218 valence electrons. The maximum atomic E-state index is 13.2. The fraction of sp³-hybridized carbons (Fsp3) is 0.312. The zero-order valence-electron chi connectivity index (χ0n) is 24.2. The van der Waals surface area contributed by atoms with E-state index in [9.17, 15) is 4.79 Å². The molecule has 0 unspecified atom stereocenters. The normalized spacial score (nSPS) is 14.1. The molecule has 0 radical (unpaired) electrons. The van der Waals surface area contributed by atoms with Gasteiger partial charge in [-0.25, -0.2) is 4.98 Å². The topological polar surface area (TPSA) is 153 Å². The molecule has 3 aromatic carbocycles. The molecule has 0 bridgehead atoms. The van der Waals surface area contributed by atoms with Gasteiger partial charge in [-0.1, -0.05) is 36.4 Å². The minimum Gasteiger partial charge on any atom is -0.384 e. The number of anilines is 2. The average molecular weight is 566 g/mol. The number of benzene rings is 3. The Morgan fingerprint density at radius 3 is 2.40 bits per heavy atom. The number of para-hydroxylation sites is 1. The summed E-state index contributed by atoms with van der Waals surface area (Å²) < 4.78 is 2.11. The van der Waals surface area contributed by atoms with Gasteiger partial charge in [-0.15, -0.1) is 0 Å². The Bertz CT molecular complexity index is 1600. The number of likely N-dealkylation sites (tertiary alicyclic amines) is 1. The molecule has 0 atom stereocenters. The Morgan fingerprint density at radius 1 is 1.00 bits per heavy atom. The summed E-state index contributed by atoms with van der Waals surface area (Å²) in [6.45, 7) is 2.00. The summed E-state index contributed by atoms with van der Waals surface area (Å²) in [6.07, 6.45) is 3.43. The highest BCUT2D eigenvalue weighted by atomic mass is 16.2. The van der Waals surface area contributed by atoms with Crippen LogP contribution < -0.4 is 21.7 Å². The fourth-order valence-corrected chi connectivity index (χ4v) is 5.52. The van der Waals surface area contributed by atoms with E-state index in [1.54, 1.807) is 4.90 Å². The largest absolute Gasteiger partial charge is 0.384 e. The smallest absolute Gasteiger partial charge is 0.240 e. The average Bonchev–Trinajstić information content (AvgIpc) is 3.31. The van der Waals surface area contributed by atoms with Gasteiger partial charge in [0.1, 0.15) is 17.5 Å². The standard InChI is InChI=1S/C32H39N9O/c1-39(30(42)20-41-17-15-23(16-18-41)37-26-6-4-3-5-25(26)32(35)36)24-12-13-28-27(19-24)38-29(40(28)2)14-9-21-7-10-22(11-8-21)31(33)34/h3-8,10-13,19,23,37H,9,14-18,20H2,1-2H3,(H3,33,34)(H3,35,36). The Balaban J connectivity index is 1.16. The summed E-state index contributed by atoms with van der Waals surface area (Å²) in [6, 6.07) is 21.7. The maximum Gasteiger partial charge on any atom is 0.240 e. The van der Waals surface area contributed by atoms with Crippen LogP contribution in [0.3, 0.4) is 0 Å². The van der Waals surface area contributed by atoms with Crippen molar-refractivity contribution < 1.29 is 4.79 Å². The second-order valence-corrected chi connectivity index (χ2v) is 11.0. The highest BCUT2D eigenvalue weighted by Crippen LogP contribution is 2.24. The van der Waals surface area contributed by atoms with Gasteiger partial charge in [-0.3, -0.25) is 20.5 Å². The van der Waals surface area contributed by atoms with Crippen LogP contribution in [-0.4, -0.2) is 64.8 Å². The van der Waals surface area contributed by atoms with Crippen LogP contribution in [0.15, 0.2) is 66.7 Å². The molecule has 1 aliphatic heterocycles. The Morgan fingerprint density at radius 2 is 1.71 bits per heavy atom. The number of amides is 1. The number of nitrogens with zero attached hydrogens (tertiary/aromatic N) is 4. The van der Waals surface area contributed by atoms with Crippen LogP contribution in [0.2, 0.25) is 0 Å². The second kappa shape index (κ2) is 12.4. The van der Waals surface area contributed by atoms with Crippen molar-refractivity contribution in [1.82, 2.24) is 14.5 Å². The second-order valence-electron chi connectivity index (χ2n) is 11.0. The van der Waals surface area contributed by atoms with Gasteiger partial charge in [0.15, 0.2) is 0 Å². The third-order valence-electron chi connectivity index (χ3n) is 8.14. The van der Waals surface area contributed by atoms with E-state index >= 15 is 0 Å². The SMILES string of the molecule is CN(C(=O)CN1CCC(Nc2ccccc2C(=N)N)CC1)c1ccc2c(c1)nc(CCc1ccc(C(=N)N)cc1)n2C.